The summed E-state index contributed by atoms with van der Waals surface area (Å²) in [6.07, 6.45) is -1.75. The number of aromatic hydroxyl groups is 2. The summed E-state index contributed by atoms with van der Waals surface area (Å²) in [4.78, 5) is 49.7. The third-order valence-corrected chi connectivity index (χ3v) is 9.33. The van der Waals surface area contributed by atoms with Gasteiger partial charge in [-0.15, -0.1) is 0 Å². The van der Waals surface area contributed by atoms with Crippen molar-refractivity contribution in [3.63, 3.8) is 0 Å². The Hall–Kier alpha value is -4.78. The van der Waals surface area contributed by atoms with E-state index in [1.165, 1.54) is 25.1 Å². The van der Waals surface area contributed by atoms with Gasteiger partial charge in [0, 0.05) is 16.5 Å². The second-order valence-electron chi connectivity index (χ2n) is 11.0. The second kappa shape index (κ2) is 11.8. The number of nitrogens with zero attached hydrogens (tertiary/aromatic N) is 1. The van der Waals surface area contributed by atoms with Crippen LogP contribution in [-0.2, 0) is 19.7 Å². The van der Waals surface area contributed by atoms with Gasteiger partial charge in [0.2, 0.25) is 5.78 Å². The molecule has 1 amide bonds. The number of phenolic OH excluding ortho intramolecular Hbond substituents is 1. The molecule has 0 fully saturated rings. The first-order valence-corrected chi connectivity index (χ1v) is 15.0. The van der Waals surface area contributed by atoms with Crippen molar-refractivity contribution in [2.24, 2.45) is 17.6 Å². The predicted octanol–water partition coefficient (Wildman–Crippen LogP) is 0.553. The molecule has 0 aliphatic heterocycles. The summed E-state index contributed by atoms with van der Waals surface area (Å²) in [6, 6.07) is 3.59. The summed E-state index contributed by atoms with van der Waals surface area (Å²) in [5, 5.41) is 72.6. The molecule has 0 radical (unpaired) electrons. The molecule has 0 aromatic heterocycles. The van der Waals surface area contributed by atoms with Gasteiger partial charge in [-0.25, -0.2) is 4.79 Å². The van der Waals surface area contributed by atoms with Crippen LogP contribution in [-0.4, -0.2) is 109 Å². The number of carboxylic acid groups (broad SMARTS) is 1. The van der Waals surface area contributed by atoms with Crippen LogP contribution in [0.15, 0.2) is 64.5 Å². The number of amides is 1. The number of fused-ring (bicyclic) bond motifs is 3. The fraction of sp³-hybridized carbons (Fsp3) is 0.241. The van der Waals surface area contributed by atoms with Crippen molar-refractivity contribution in [1.82, 2.24) is 4.90 Å². The molecule has 0 spiro atoms. The number of Topliss-reactive ketones (excluding diaryl/α,β-unsaturated/α-hetero) is 2. The molecule has 47 heavy (non-hydrogen) atoms. The minimum atomic E-state index is -4.45. The first kappa shape index (κ1) is 35.1. The number of halogens is 1. The highest BCUT2D eigenvalue weighted by Crippen LogP contribution is 2.55. The van der Waals surface area contributed by atoms with Crippen molar-refractivity contribution < 1.29 is 67.9 Å². The molecule has 10 N–H and O–H groups in total. The molecule has 0 bridgehead atoms. The number of likely N-dealkylation sites (N-methyl/N-ethyl adjacent to an activating group) is 1. The number of carbonyl (C=O) groups is 4. The first-order valence-electron chi connectivity index (χ1n) is 13.2. The SMILES string of the molecule is C=C1c2c(Cl)ccc(O)c2C(=O)C2=C(O)[C@]3(O)C(=O)C(C(N)=O)=C(O)[C@@H](N(C)C)[C@@H]3[C@@H](O)[C@H]12.O=C(O)c1cc(S(=O)(=O)O)ccc1O. The number of rotatable bonds is 4. The summed E-state index contributed by atoms with van der Waals surface area (Å²) < 4.78 is 29.8. The Morgan fingerprint density at radius 1 is 1.02 bits per heavy atom. The molecule has 16 nitrogen and oxygen atoms in total. The van der Waals surface area contributed by atoms with E-state index in [0.717, 1.165) is 18.2 Å². The van der Waals surface area contributed by atoms with Gasteiger partial charge >= 0.3 is 5.97 Å². The zero-order valence-electron chi connectivity index (χ0n) is 24.2. The van der Waals surface area contributed by atoms with Crippen LogP contribution in [0.1, 0.15) is 26.3 Å². The maximum Gasteiger partial charge on any atom is 0.339 e. The van der Waals surface area contributed by atoms with Gasteiger partial charge in [0.15, 0.2) is 11.4 Å². The third kappa shape index (κ3) is 5.32. The largest absolute Gasteiger partial charge is 0.510 e. The highest BCUT2D eigenvalue weighted by molar-refractivity contribution is 7.85. The second-order valence-corrected chi connectivity index (χ2v) is 12.8. The monoisotopic (exact) mass is 694 g/mol. The van der Waals surface area contributed by atoms with E-state index in [1.807, 2.05) is 0 Å². The van der Waals surface area contributed by atoms with Crippen LogP contribution in [0.4, 0.5) is 0 Å². The standard InChI is InChI=1S/C22H21ClN2O8.C7H6O6S/c1-6-9-7(23)4-5-8(26)11(9)16(27)12-10(6)17(28)14-15(25(2)3)18(29)13(21(24)32)20(31)22(14,33)19(12)30;8-6-2-1-4(14(11,12)13)3-5(6)7(9)10/h4-5,10,14-15,17,26,28-30,33H,1H2,2-3H3,(H2,24,32);1-3,8H,(H,9,10)(H,11,12,13)/t10-,14-,15+,17+,22+;/m1./s1. The number of ketones is 2. The molecular formula is C29H27ClN2O14S. The maximum atomic E-state index is 13.4. The number of hydrogen-bond acceptors (Lipinski definition) is 13. The van der Waals surface area contributed by atoms with Crippen LogP contribution >= 0.6 is 11.6 Å². The lowest BCUT2D eigenvalue weighted by molar-refractivity contribution is -0.159. The smallest absolute Gasteiger partial charge is 0.339 e. The Morgan fingerprint density at radius 3 is 2.11 bits per heavy atom. The van der Waals surface area contributed by atoms with Gasteiger partial charge in [0.05, 0.1) is 34.1 Å². The van der Waals surface area contributed by atoms with Gasteiger partial charge in [0.25, 0.3) is 16.0 Å². The minimum Gasteiger partial charge on any atom is -0.510 e. The van der Waals surface area contributed by atoms with Crippen molar-refractivity contribution in [1.29, 1.82) is 0 Å². The number of phenols is 2. The molecule has 3 aliphatic carbocycles. The summed E-state index contributed by atoms with van der Waals surface area (Å²) in [7, 11) is -1.55. The van der Waals surface area contributed by atoms with E-state index in [4.69, 9.17) is 32.1 Å². The average Bonchev–Trinajstić information content (AvgIpc) is 2.95. The van der Waals surface area contributed by atoms with E-state index in [2.05, 4.69) is 6.58 Å². The van der Waals surface area contributed by atoms with Crippen LogP contribution in [0.25, 0.3) is 5.57 Å². The Morgan fingerprint density at radius 2 is 1.60 bits per heavy atom. The van der Waals surface area contributed by atoms with E-state index in [9.17, 15) is 53.1 Å². The van der Waals surface area contributed by atoms with E-state index in [0.29, 0.717) is 6.07 Å². The zero-order chi connectivity index (χ0) is 35.7. The highest BCUT2D eigenvalue weighted by Gasteiger charge is 2.67. The first-order chi connectivity index (χ1) is 21.6. The molecular weight excluding hydrogens is 668 g/mol. The van der Waals surface area contributed by atoms with Crippen molar-refractivity contribution in [2.45, 2.75) is 22.6 Å². The van der Waals surface area contributed by atoms with Gasteiger partial charge < -0.3 is 41.5 Å². The molecule has 2 aromatic carbocycles. The number of carbonyl (C=O) groups excluding carboxylic acids is 3. The molecule has 250 valence electrons. The van der Waals surface area contributed by atoms with Crippen molar-refractivity contribution >= 4 is 50.7 Å². The summed E-state index contributed by atoms with van der Waals surface area (Å²) in [6.45, 7) is 3.89. The number of primary amides is 1. The topological polar surface area (TPSA) is 294 Å². The van der Waals surface area contributed by atoms with Gasteiger partial charge in [0.1, 0.15) is 34.2 Å². The molecule has 5 rings (SSSR count). The number of aliphatic hydroxyl groups excluding tert-OH is 3. The van der Waals surface area contributed by atoms with Gasteiger partial charge in [-0.3, -0.25) is 23.8 Å². The van der Waals surface area contributed by atoms with Crippen molar-refractivity contribution in [3.8, 4) is 11.5 Å². The van der Waals surface area contributed by atoms with Crippen LogP contribution in [0.2, 0.25) is 5.02 Å². The number of hydrogen-bond donors (Lipinski definition) is 9. The molecule has 3 aliphatic rings. The molecule has 0 saturated heterocycles. The number of nitrogens with two attached hydrogens (primary N) is 1. The van der Waals surface area contributed by atoms with E-state index in [1.54, 1.807) is 0 Å². The fourth-order valence-corrected chi connectivity index (χ4v) is 6.90. The number of carboxylic acids is 1. The third-order valence-electron chi connectivity index (χ3n) is 8.17. The number of benzene rings is 2. The lowest BCUT2D eigenvalue weighted by atomic mass is 9.56. The Bertz CT molecular complexity index is 1970. The molecule has 5 atom stereocenters. The summed E-state index contributed by atoms with van der Waals surface area (Å²) in [5.74, 6) is -11.2. The lowest BCUT2D eigenvalue weighted by Crippen LogP contribution is -2.68. The van der Waals surface area contributed by atoms with Crippen LogP contribution in [0, 0.1) is 11.8 Å². The van der Waals surface area contributed by atoms with Crippen LogP contribution in [0.5, 0.6) is 11.5 Å². The quantitative estimate of drug-likeness (QED) is 0.156. The minimum absolute atomic E-state index is 0.0498. The average molecular weight is 695 g/mol. The molecule has 0 saturated carbocycles. The predicted molar refractivity (Wildman–Crippen MR) is 160 cm³/mol. The molecule has 0 heterocycles. The molecule has 18 heteroatoms. The van der Waals surface area contributed by atoms with E-state index in [-0.39, 0.29) is 21.7 Å². The number of aromatic carboxylic acids is 1. The van der Waals surface area contributed by atoms with Crippen LogP contribution < -0.4 is 5.73 Å². The van der Waals surface area contributed by atoms with Gasteiger partial charge in [-0.1, -0.05) is 18.2 Å². The molecule has 0 unspecified atom stereocenters. The number of aliphatic hydroxyl groups is 4. The van der Waals surface area contributed by atoms with Crippen molar-refractivity contribution in [3.05, 3.63) is 81.3 Å². The van der Waals surface area contributed by atoms with Crippen LogP contribution in [0.3, 0.4) is 0 Å². The van der Waals surface area contributed by atoms with Crippen molar-refractivity contribution in [2.75, 3.05) is 14.1 Å². The highest BCUT2D eigenvalue weighted by atomic mass is 35.5. The maximum absolute atomic E-state index is 13.4. The Labute approximate surface area is 270 Å². The van der Waals surface area contributed by atoms with Gasteiger partial charge in [-0.05, 0) is 50.0 Å². The Balaban J connectivity index is 0.000000300. The summed E-state index contributed by atoms with van der Waals surface area (Å²) in [5.41, 5.74) is -0.0548. The van der Waals surface area contributed by atoms with E-state index < -0.39 is 108 Å². The summed E-state index contributed by atoms with van der Waals surface area (Å²) >= 11 is 6.24. The fourth-order valence-electron chi connectivity index (χ4n) is 6.11. The zero-order valence-corrected chi connectivity index (χ0v) is 25.8. The normalized spacial score (nSPS) is 25.5. The molecule has 2 aromatic rings. The lowest BCUT2D eigenvalue weighted by Gasteiger charge is -2.52. The van der Waals surface area contributed by atoms with Gasteiger partial charge in [-0.2, -0.15) is 8.42 Å². The Kier molecular flexibility index (Phi) is 8.80. The van der Waals surface area contributed by atoms with E-state index >= 15 is 0 Å².